The Balaban J connectivity index is 2.72. The number of nitrogens with zero attached hydrogens (tertiary/aromatic N) is 1. The smallest absolute Gasteiger partial charge is 0.409 e. The summed E-state index contributed by atoms with van der Waals surface area (Å²) in [7, 11) is -3.72. The first-order valence-electron chi connectivity index (χ1n) is 7.85. The van der Waals surface area contributed by atoms with E-state index < -0.39 is 7.82 Å². The number of rotatable bonds is 7. The summed E-state index contributed by atoms with van der Waals surface area (Å²) in [5.41, 5.74) is 0. The normalized spacial score (nSPS) is 17.2. The van der Waals surface area contributed by atoms with E-state index in [-0.39, 0.29) is 23.9 Å². The van der Waals surface area contributed by atoms with E-state index in [4.69, 9.17) is 13.6 Å². The Morgan fingerprint density at radius 3 is 2.00 bits per heavy atom. The van der Waals surface area contributed by atoms with Crippen LogP contribution in [0.4, 0.5) is 0 Å². The van der Waals surface area contributed by atoms with Crippen molar-refractivity contribution in [2.75, 3.05) is 13.1 Å². The van der Waals surface area contributed by atoms with Gasteiger partial charge in [-0.1, -0.05) is 0 Å². The van der Waals surface area contributed by atoms with Crippen LogP contribution in [0, 0.1) is 0 Å². The molecule has 1 heterocycles. The minimum atomic E-state index is -3.72. The highest BCUT2D eigenvalue weighted by atomic mass is 31.2. The molecule has 128 valence electrons. The molecule has 0 spiro atoms. The van der Waals surface area contributed by atoms with E-state index in [1.807, 2.05) is 0 Å². The number of piperidine rings is 1. The minimum absolute atomic E-state index is 0.127. The van der Waals surface area contributed by atoms with Crippen molar-refractivity contribution >= 4 is 13.7 Å². The highest BCUT2D eigenvalue weighted by molar-refractivity contribution is 7.48. The van der Waals surface area contributed by atoms with Crippen LogP contribution >= 0.6 is 7.82 Å². The molecule has 1 aliphatic rings. The molecule has 1 aliphatic heterocycles. The molecule has 0 bridgehead atoms. The fraction of sp³-hybridized carbons (Fsp3) is 0.800. The van der Waals surface area contributed by atoms with Crippen LogP contribution in [0.3, 0.4) is 0 Å². The van der Waals surface area contributed by atoms with Crippen LogP contribution in [0.2, 0.25) is 0 Å². The Labute approximate surface area is 133 Å². The number of phosphoric acid groups is 1. The van der Waals surface area contributed by atoms with Gasteiger partial charge in [0.1, 0.15) is 5.76 Å². The summed E-state index contributed by atoms with van der Waals surface area (Å²) in [5.74, 6) is 0.109. The van der Waals surface area contributed by atoms with Crippen molar-refractivity contribution in [1.29, 1.82) is 0 Å². The second-order valence-electron chi connectivity index (χ2n) is 5.99. The third kappa shape index (κ3) is 6.95. The Morgan fingerprint density at radius 2 is 1.55 bits per heavy atom. The Kier molecular flexibility index (Phi) is 7.60. The Bertz CT molecular complexity index is 427. The first kappa shape index (κ1) is 19.2. The van der Waals surface area contributed by atoms with Crippen molar-refractivity contribution in [2.45, 2.75) is 66.1 Å². The van der Waals surface area contributed by atoms with E-state index in [1.54, 1.807) is 39.5 Å². The summed E-state index contributed by atoms with van der Waals surface area (Å²) in [5, 5.41) is 0. The van der Waals surface area contributed by atoms with Crippen molar-refractivity contribution < 1.29 is 22.9 Å². The number of allylic oxidation sites excluding steroid dienone is 1. The second kappa shape index (κ2) is 8.70. The molecule has 0 unspecified atom stereocenters. The third-order valence-electron chi connectivity index (χ3n) is 2.93. The van der Waals surface area contributed by atoms with Crippen LogP contribution in [-0.4, -0.2) is 36.1 Å². The lowest BCUT2D eigenvalue weighted by atomic mass is 10.1. The molecule has 0 radical (unpaired) electrons. The van der Waals surface area contributed by atoms with Gasteiger partial charge in [-0.05, 0) is 53.9 Å². The van der Waals surface area contributed by atoms with Crippen molar-refractivity contribution in [3.05, 3.63) is 11.8 Å². The average Bonchev–Trinajstić information content (AvgIpc) is 2.36. The van der Waals surface area contributed by atoms with Gasteiger partial charge in [0.25, 0.3) is 0 Å². The number of hydrogen-bond donors (Lipinski definition) is 0. The Morgan fingerprint density at radius 1 is 1.05 bits per heavy atom. The molecule has 1 amide bonds. The maximum atomic E-state index is 12.6. The lowest BCUT2D eigenvalue weighted by molar-refractivity contribution is -0.127. The summed E-state index contributed by atoms with van der Waals surface area (Å²) in [6, 6.07) is 0. The van der Waals surface area contributed by atoms with Gasteiger partial charge in [0.15, 0.2) is 0 Å². The van der Waals surface area contributed by atoms with Gasteiger partial charge in [0.05, 0.1) is 12.2 Å². The molecule has 1 rings (SSSR count). The zero-order valence-corrected chi connectivity index (χ0v) is 15.1. The molecule has 0 aromatic heterocycles. The van der Waals surface area contributed by atoms with E-state index in [2.05, 4.69) is 0 Å². The maximum absolute atomic E-state index is 12.6. The first-order chi connectivity index (χ1) is 10.2. The van der Waals surface area contributed by atoms with E-state index >= 15 is 0 Å². The van der Waals surface area contributed by atoms with Crippen LogP contribution in [0.5, 0.6) is 0 Å². The van der Waals surface area contributed by atoms with Crippen molar-refractivity contribution in [3.63, 3.8) is 0 Å². The predicted molar refractivity (Wildman–Crippen MR) is 85.3 cm³/mol. The number of hydrogen-bond acceptors (Lipinski definition) is 5. The molecule has 0 N–H and O–H groups in total. The second-order valence-corrected chi connectivity index (χ2v) is 7.49. The van der Waals surface area contributed by atoms with Crippen molar-refractivity contribution in [3.8, 4) is 0 Å². The topological polar surface area (TPSA) is 65.1 Å². The molecule has 7 heteroatoms. The van der Waals surface area contributed by atoms with Gasteiger partial charge in [0.2, 0.25) is 5.91 Å². The van der Waals surface area contributed by atoms with Gasteiger partial charge < -0.3 is 9.42 Å². The highest BCUT2D eigenvalue weighted by Gasteiger charge is 2.31. The van der Waals surface area contributed by atoms with Gasteiger partial charge in [-0.25, -0.2) is 4.57 Å². The van der Waals surface area contributed by atoms with E-state index in [0.29, 0.717) is 0 Å². The summed E-state index contributed by atoms with van der Waals surface area (Å²) >= 11 is 0. The molecule has 22 heavy (non-hydrogen) atoms. The minimum Gasteiger partial charge on any atom is -0.409 e. The molecular weight excluding hydrogens is 305 g/mol. The number of amides is 1. The van der Waals surface area contributed by atoms with Gasteiger partial charge in [-0.15, -0.1) is 0 Å². The average molecular weight is 333 g/mol. The van der Waals surface area contributed by atoms with Crippen LogP contribution in [-0.2, 0) is 22.9 Å². The molecule has 0 aromatic rings. The molecular formula is C15H28NO5P. The number of phosphoric ester groups is 1. The highest BCUT2D eigenvalue weighted by Crippen LogP contribution is 2.53. The van der Waals surface area contributed by atoms with Crippen molar-refractivity contribution in [2.24, 2.45) is 0 Å². The van der Waals surface area contributed by atoms with Gasteiger partial charge in [0, 0.05) is 19.2 Å². The molecule has 0 saturated carbocycles. The zero-order valence-electron chi connectivity index (χ0n) is 14.2. The van der Waals surface area contributed by atoms with Crippen LogP contribution in [0.15, 0.2) is 11.8 Å². The van der Waals surface area contributed by atoms with Gasteiger partial charge >= 0.3 is 7.82 Å². The fourth-order valence-electron chi connectivity index (χ4n) is 2.17. The maximum Gasteiger partial charge on any atom is 0.530 e. The van der Waals surface area contributed by atoms with Gasteiger partial charge in [-0.3, -0.25) is 13.8 Å². The number of carbonyl (C=O) groups is 1. The van der Waals surface area contributed by atoms with E-state index in [9.17, 15) is 9.36 Å². The zero-order chi connectivity index (χ0) is 16.8. The molecule has 1 fully saturated rings. The molecule has 0 atom stereocenters. The van der Waals surface area contributed by atoms with Crippen LogP contribution in [0.1, 0.15) is 53.9 Å². The SMILES string of the molecule is CC(=CC(=O)N1CCCCC1)OP(=O)(OC(C)C)OC(C)C. The lowest BCUT2D eigenvalue weighted by Crippen LogP contribution is -2.34. The summed E-state index contributed by atoms with van der Waals surface area (Å²) in [6.07, 6.45) is 3.93. The Hall–Kier alpha value is -0.840. The first-order valence-corrected chi connectivity index (χ1v) is 9.31. The summed E-state index contributed by atoms with van der Waals surface area (Å²) in [6.45, 7) is 10.1. The summed E-state index contributed by atoms with van der Waals surface area (Å²) < 4.78 is 28.5. The monoisotopic (exact) mass is 333 g/mol. The third-order valence-corrected chi connectivity index (χ3v) is 4.80. The largest absolute Gasteiger partial charge is 0.530 e. The molecule has 1 saturated heterocycles. The van der Waals surface area contributed by atoms with E-state index in [1.165, 1.54) is 6.08 Å². The number of carbonyl (C=O) groups excluding carboxylic acids is 1. The summed E-state index contributed by atoms with van der Waals surface area (Å²) in [4.78, 5) is 13.9. The van der Waals surface area contributed by atoms with Crippen LogP contribution in [0.25, 0.3) is 0 Å². The number of likely N-dealkylation sites (tertiary alicyclic amines) is 1. The molecule has 0 aliphatic carbocycles. The van der Waals surface area contributed by atoms with E-state index in [0.717, 1.165) is 32.4 Å². The quantitative estimate of drug-likeness (QED) is 0.402. The molecule has 0 aromatic carbocycles. The van der Waals surface area contributed by atoms with Crippen LogP contribution < -0.4 is 0 Å². The van der Waals surface area contributed by atoms with Gasteiger partial charge in [-0.2, -0.15) is 0 Å². The van der Waals surface area contributed by atoms with Crippen molar-refractivity contribution in [1.82, 2.24) is 4.90 Å². The standard InChI is InChI=1S/C15H28NO5P/c1-12(2)19-22(18,20-13(3)4)21-14(5)11-15(17)16-9-7-6-8-10-16/h11-13H,6-10H2,1-5H3. The lowest BCUT2D eigenvalue weighted by Gasteiger charge is -2.26. The fourth-order valence-corrected chi connectivity index (χ4v) is 3.74. The predicted octanol–water partition coefficient (Wildman–Crippen LogP) is 3.88. The molecule has 6 nitrogen and oxygen atoms in total.